The first kappa shape index (κ1) is 20.1. The summed E-state index contributed by atoms with van der Waals surface area (Å²) in [4.78, 5) is 17.3. The number of hydrogen-bond donors (Lipinski definition) is 0. The van der Waals surface area contributed by atoms with E-state index in [0.29, 0.717) is 24.2 Å². The van der Waals surface area contributed by atoms with Crippen LogP contribution in [0.3, 0.4) is 0 Å². The minimum atomic E-state index is 0.00797. The largest absolute Gasteiger partial charge is 0.489 e. The van der Waals surface area contributed by atoms with Gasteiger partial charge < -0.3 is 9.64 Å². The van der Waals surface area contributed by atoms with Crippen molar-refractivity contribution in [2.24, 2.45) is 0 Å². The Morgan fingerprint density at radius 2 is 1.74 bits per heavy atom. The third kappa shape index (κ3) is 4.31. The van der Waals surface area contributed by atoms with E-state index in [1.54, 1.807) is 24.3 Å². The Balaban J connectivity index is 1.19. The summed E-state index contributed by atoms with van der Waals surface area (Å²) in [6.45, 7) is 3.63. The van der Waals surface area contributed by atoms with Crippen molar-refractivity contribution in [3.63, 3.8) is 0 Å². The third-order valence-corrected chi connectivity index (χ3v) is 7.10. The number of carbonyl (C=O) groups is 1. The highest BCUT2D eigenvalue weighted by molar-refractivity contribution is 5.94. The maximum atomic E-state index is 12.8. The van der Waals surface area contributed by atoms with Gasteiger partial charge in [0.25, 0.3) is 5.91 Å². The molecule has 5 rings (SSSR count). The van der Waals surface area contributed by atoms with Gasteiger partial charge in [0.1, 0.15) is 11.9 Å². The molecule has 1 aliphatic carbocycles. The fourth-order valence-corrected chi connectivity index (χ4v) is 4.98. The number of nitriles is 1. The van der Waals surface area contributed by atoms with Gasteiger partial charge in [0, 0.05) is 37.7 Å². The van der Waals surface area contributed by atoms with E-state index >= 15 is 0 Å². The van der Waals surface area contributed by atoms with Crippen LogP contribution >= 0.6 is 0 Å². The van der Waals surface area contributed by atoms with Crippen molar-refractivity contribution < 1.29 is 9.53 Å². The second kappa shape index (κ2) is 8.72. The van der Waals surface area contributed by atoms with E-state index in [-0.39, 0.29) is 12.0 Å². The molecular weight excluding hydrogens is 386 g/mol. The third-order valence-electron chi connectivity index (χ3n) is 7.10. The van der Waals surface area contributed by atoms with Crippen molar-refractivity contribution in [1.82, 2.24) is 9.80 Å². The second-order valence-corrected chi connectivity index (χ2v) is 9.02. The van der Waals surface area contributed by atoms with E-state index in [1.807, 2.05) is 4.90 Å². The molecule has 31 heavy (non-hydrogen) atoms. The molecule has 1 saturated heterocycles. The number of rotatable bonds is 4. The highest BCUT2D eigenvalue weighted by Crippen LogP contribution is 2.29. The first-order valence-corrected chi connectivity index (χ1v) is 11.5. The molecular formula is C26H29N3O2. The summed E-state index contributed by atoms with van der Waals surface area (Å²) in [7, 11) is 0. The minimum absolute atomic E-state index is 0.00797. The van der Waals surface area contributed by atoms with Crippen LogP contribution in [0.1, 0.15) is 52.7 Å². The number of fused-ring (bicyclic) bond motifs is 1. The first-order chi connectivity index (χ1) is 15.2. The van der Waals surface area contributed by atoms with Crippen LogP contribution in [0.2, 0.25) is 0 Å². The van der Waals surface area contributed by atoms with Crippen molar-refractivity contribution in [1.29, 1.82) is 5.26 Å². The molecule has 0 N–H and O–H groups in total. The van der Waals surface area contributed by atoms with E-state index in [2.05, 4.69) is 29.2 Å². The Labute approximate surface area is 184 Å². The Kier molecular flexibility index (Phi) is 5.65. The Morgan fingerprint density at radius 3 is 2.45 bits per heavy atom. The zero-order valence-corrected chi connectivity index (χ0v) is 17.9. The van der Waals surface area contributed by atoms with E-state index < -0.39 is 0 Å². The fourth-order valence-electron chi connectivity index (χ4n) is 4.98. The molecule has 160 valence electrons. The van der Waals surface area contributed by atoms with Crippen LogP contribution in [-0.2, 0) is 12.8 Å². The van der Waals surface area contributed by atoms with Crippen LogP contribution in [0, 0.1) is 11.3 Å². The van der Waals surface area contributed by atoms with Gasteiger partial charge in [-0.05, 0) is 73.2 Å². The van der Waals surface area contributed by atoms with Gasteiger partial charge in [0.05, 0.1) is 18.2 Å². The van der Waals surface area contributed by atoms with Crippen molar-refractivity contribution in [2.45, 2.75) is 50.7 Å². The molecule has 1 atom stereocenters. The standard InChI is InChI=1S/C26H29N3O2/c27-17-19-4-6-21(7-5-19)26(30)29-15-12-25(18-29)31-24-9-8-20-10-13-28(23-2-1-3-23)14-11-22(20)16-24/h4-9,16,23,25H,1-3,10-15,18H2/t25-/m1/s1. The van der Waals surface area contributed by atoms with E-state index in [1.165, 1.54) is 36.9 Å². The summed E-state index contributed by atoms with van der Waals surface area (Å²) in [5.74, 6) is 0.933. The quantitative estimate of drug-likeness (QED) is 0.762. The lowest BCUT2D eigenvalue weighted by molar-refractivity contribution is 0.0772. The van der Waals surface area contributed by atoms with Crippen LogP contribution < -0.4 is 4.74 Å². The number of ether oxygens (including phenoxy) is 1. The number of benzene rings is 2. The molecule has 2 heterocycles. The van der Waals surface area contributed by atoms with Crippen molar-refractivity contribution in [3.05, 3.63) is 64.7 Å². The molecule has 3 aliphatic rings. The summed E-state index contributed by atoms with van der Waals surface area (Å²) in [5, 5.41) is 8.93. The molecule has 0 bridgehead atoms. The summed E-state index contributed by atoms with van der Waals surface area (Å²) in [5.41, 5.74) is 4.07. The molecule has 1 amide bonds. The van der Waals surface area contributed by atoms with E-state index in [4.69, 9.17) is 10.00 Å². The average molecular weight is 416 g/mol. The normalized spacial score (nSPS) is 21.6. The minimum Gasteiger partial charge on any atom is -0.489 e. The molecule has 0 aromatic heterocycles. The predicted octanol–water partition coefficient (Wildman–Crippen LogP) is 3.80. The molecule has 2 aromatic carbocycles. The SMILES string of the molecule is N#Cc1ccc(C(=O)N2CC[C@@H](Oc3ccc4c(c3)CCN(C3CCC3)CC4)C2)cc1. The summed E-state index contributed by atoms with van der Waals surface area (Å²) in [6, 6.07) is 16.3. The monoisotopic (exact) mass is 415 g/mol. The molecule has 2 aromatic rings. The Hall–Kier alpha value is -2.84. The van der Waals surface area contributed by atoms with Crippen molar-refractivity contribution in [2.75, 3.05) is 26.2 Å². The lowest BCUT2D eigenvalue weighted by Crippen LogP contribution is -2.41. The van der Waals surface area contributed by atoms with Crippen LogP contribution in [-0.4, -0.2) is 54.0 Å². The maximum absolute atomic E-state index is 12.8. The molecule has 0 spiro atoms. The average Bonchev–Trinajstić information content (AvgIpc) is 3.13. The van der Waals surface area contributed by atoms with Gasteiger partial charge in [-0.3, -0.25) is 9.69 Å². The zero-order chi connectivity index (χ0) is 21.2. The van der Waals surface area contributed by atoms with Gasteiger partial charge in [0.2, 0.25) is 0 Å². The number of hydrogen-bond acceptors (Lipinski definition) is 4. The highest BCUT2D eigenvalue weighted by atomic mass is 16.5. The summed E-state index contributed by atoms with van der Waals surface area (Å²) < 4.78 is 6.29. The summed E-state index contributed by atoms with van der Waals surface area (Å²) in [6.07, 6.45) is 7.21. The number of carbonyl (C=O) groups excluding carboxylic acids is 1. The molecule has 0 unspecified atom stereocenters. The predicted molar refractivity (Wildman–Crippen MR) is 119 cm³/mol. The van der Waals surface area contributed by atoms with Gasteiger partial charge in [-0.15, -0.1) is 0 Å². The van der Waals surface area contributed by atoms with Gasteiger partial charge in [-0.1, -0.05) is 12.5 Å². The van der Waals surface area contributed by atoms with Crippen LogP contribution in [0.5, 0.6) is 5.75 Å². The molecule has 0 radical (unpaired) electrons. The smallest absolute Gasteiger partial charge is 0.253 e. The molecule has 2 aliphatic heterocycles. The fraction of sp³-hybridized carbons (Fsp3) is 0.462. The lowest BCUT2D eigenvalue weighted by atomic mass is 9.91. The van der Waals surface area contributed by atoms with Gasteiger partial charge in [-0.2, -0.15) is 5.26 Å². The van der Waals surface area contributed by atoms with Crippen molar-refractivity contribution >= 4 is 5.91 Å². The van der Waals surface area contributed by atoms with E-state index in [0.717, 1.165) is 37.6 Å². The second-order valence-electron chi connectivity index (χ2n) is 9.02. The molecule has 5 nitrogen and oxygen atoms in total. The summed E-state index contributed by atoms with van der Waals surface area (Å²) >= 11 is 0. The first-order valence-electron chi connectivity index (χ1n) is 11.5. The van der Waals surface area contributed by atoms with Gasteiger partial charge in [0.15, 0.2) is 0 Å². The van der Waals surface area contributed by atoms with Crippen LogP contribution in [0.25, 0.3) is 0 Å². The van der Waals surface area contributed by atoms with Crippen molar-refractivity contribution in [3.8, 4) is 11.8 Å². The molecule has 1 saturated carbocycles. The molecule has 2 fully saturated rings. The number of likely N-dealkylation sites (tertiary alicyclic amines) is 1. The zero-order valence-electron chi connectivity index (χ0n) is 17.9. The molecule has 5 heteroatoms. The Morgan fingerprint density at radius 1 is 0.968 bits per heavy atom. The van der Waals surface area contributed by atoms with Crippen LogP contribution in [0.4, 0.5) is 0 Å². The highest BCUT2D eigenvalue weighted by Gasteiger charge is 2.29. The topological polar surface area (TPSA) is 56.6 Å². The van der Waals surface area contributed by atoms with Gasteiger partial charge in [-0.25, -0.2) is 0 Å². The van der Waals surface area contributed by atoms with E-state index in [9.17, 15) is 4.79 Å². The maximum Gasteiger partial charge on any atom is 0.253 e. The Bertz CT molecular complexity index is 991. The number of amides is 1. The lowest BCUT2D eigenvalue weighted by Gasteiger charge is -2.36. The number of nitrogens with zero attached hydrogens (tertiary/aromatic N) is 3. The van der Waals surface area contributed by atoms with Gasteiger partial charge >= 0.3 is 0 Å². The van der Waals surface area contributed by atoms with Crippen LogP contribution in [0.15, 0.2) is 42.5 Å².